The molecule has 150 valence electrons. The van der Waals surface area contributed by atoms with Crippen molar-refractivity contribution in [3.63, 3.8) is 0 Å². The first-order valence-corrected chi connectivity index (χ1v) is 10.0. The van der Waals surface area contributed by atoms with Crippen LogP contribution in [0.3, 0.4) is 0 Å². The van der Waals surface area contributed by atoms with Gasteiger partial charge in [0.2, 0.25) is 0 Å². The van der Waals surface area contributed by atoms with Crippen LogP contribution in [0.5, 0.6) is 0 Å². The highest BCUT2D eigenvalue weighted by atomic mass is 35.5. The highest BCUT2D eigenvalue weighted by molar-refractivity contribution is 7.80. The minimum Gasteiger partial charge on any atom is -0.457 e. The van der Waals surface area contributed by atoms with Gasteiger partial charge in [0, 0.05) is 5.56 Å². The van der Waals surface area contributed by atoms with Crippen LogP contribution in [0.4, 0.5) is 5.69 Å². The molecule has 0 bridgehead atoms. The maximum Gasteiger partial charge on any atom is 0.270 e. The van der Waals surface area contributed by atoms with Crippen molar-refractivity contribution in [3.05, 3.63) is 81.5 Å². The molecule has 1 N–H and O–H groups in total. The molecule has 4 rings (SSSR count). The Balaban J connectivity index is 1.69. The maximum absolute atomic E-state index is 13.1. The Morgan fingerprint density at radius 3 is 2.53 bits per heavy atom. The fourth-order valence-electron chi connectivity index (χ4n) is 3.07. The summed E-state index contributed by atoms with van der Waals surface area (Å²) < 4.78 is 5.79. The van der Waals surface area contributed by atoms with Crippen molar-refractivity contribution in [2.75, 3.05) is 4.90 Å². The van der Waals surface area contributed by atoms with Gasteiger partial charge in [-0.15, -0.1) is 0 Å². The van der Waals surface area contributed by atoms with Gasteiger partial charge in [-0.05, 0) is 67.2 Å². The normalized spacial score (nSPS) is 15.6. The van der Waals surface area contributed by atoms with Crippen LogP contribution in [-0.2, 0) is 9.59 Å². The van der Waals surface area contributed by atoms with Crippen LogP contribution in [0, 0.1) is 6.92 Å². The first-order chi connectivity index (χ1) is 14.3. The minimum absolute atomic E-state index is 0.0346. The Hall–Kier alpha value is -2.93. The molecule has 0 unspecified atom stereocenters. The van der Waals surface area contributed by atoms with Gasteiger partial charge < -0.3 is 4.42 Å². The van der Waals surface area contributed by atoms with Crippen molar-refractivity contribution in [1.29, 1.82) is 0 Å². The number of thiocarbonyl (C=S) groups is 1. The van der Waals surface area contributed by atoms with E-state index in [0.29, 0.717) is 27.3 Å². The predicted molar refractivity (Wildman–Crippen MR) is 122 cm³/mol. The lowest BCUT2D eigenvalue weighted by atomic mass is 10.1. The standard InChI is InChI=1S/C22H14Cl2N2O3S/c1-12-4-2-3-5-18(12)26-21(28)15(20(27)25-22(26)30)11-14-7-9-19(29-14)13-6-8-16(23)17(24)10-13/h2-11H,1H3,(H,25,27,30)/b15-11-. The van der Waals surface area contributed by atoms with Gasteiger partial charge in [0.25, 0.3) is 11.8 Å². The molecule has 2 heterocycles. The summed E-state index contributed by atoms with van der Waals surface area (Å²) in [7, 11) is 0. The number of benzene rings is 2. The molecule has 3 aromatic rings. The van der Waals surface area contributed by atoms with Crippen molar-refractivity contribution < 1.29 is 14.0 Å². The molecule has 2 aromatic carbocycles. The molecule has 2 amide bonds. The van der Waals surface area contributed by atoms with E-state index < -0.39 is 11.8 Å². The Labute approximate surface area is 187 Å². The van der Waals surface area contributed by atoms with E-state index in [4.69, 9.17) is 39.8 Å². The average Bonchev–Trinajstić information content (AvgIpc) is 3.17. The zero-order valence-electron chi connectivity index (χ0n) is 15.6. The first-order valence-electron chi connectivity index (χ1n) is 8.87. The van der Waals surface area contributed by atoms with E-state index >= 15 is 0 Å². The number of rotatable bonds is 3. The summed E-state index contributed by atoms with van der Waals surface area (Å²) in [5.74, 6) is -0.240. The maximum atomic E-state index is 13.1. The second-order valence-corrected chi connectivity index (χ2v) is 7.78. The number of halogens is 2. The van der Waals surface area contributed by atoms with E-state index in [9.17, 15) is 9.59 Å². The van der Waals surface area contributed by atoms with Crippen LogP contribution in [0.2, 0.25) is 10.0 Å². The number of hydrogen-bond acceptors (Lipinski definition) is 4. The van der Waals surface area contributed by atoms with Gasteiger partial charge in [0.15, 0.2) is 5.11 Å². The smallest absolute Gasteiger partial charge is 0.270 e. The Morgan fingerprint density at radius 2 is 1.80 bits per heavy atom. The summed E-state index contributed by atoms with van der Waals surface area (Å²) in [6.45, 7) is 1.86. The molecular formula is C22H14Cl2N2O3S. The Kier molecular flexibility index (Phi) is 5.47. The quantitative estimate of drug-likeness (QED) is 0.325. The predicted octanol–water partition coefficient (Wildman–Crippen LogP) is 5.39. The molecule has 8 heteroatoms. The van der Waals surface area contributed by atoms with E-state index in [-0.39, 0.29) is 10.7 Å². The lowest BCUT2D eigenvalue weighted by molar-refractivity contribution is -0.122. The number of aryl methyl sites for hydroxylation is 1. The summed E-state index contributed by atoms with van der Waals surface area (Å²) in [5, 5.41) is 3.43. The summed E-state index contributed by atoms with van der Waals surface area (Å²) >= 11 is 17.2. The third-order valence-electron chi connectivity index (χ3n) is 4.58. The molecule has 0 saturated carbocycles. The SMILES string of the molecule is Cc1ccccc1N1C(=O)/C(=C\c2ccc(-c3ccc(Cl)c(Cl)c3)o2)C(=O)NC1=S. The first kappa shape index (κ1) is 20.3. The zero-order chi connectivity index (χ0) is 21.4. The van der Waals surface area contributed by atoms with Gasteiger partial charge in [-0.25, -0.2) is 0 Å². The molecular weight excluding hydrogens is 443 g/mol. The number of nitrogens with zero attached hydrogens (tertiary/aromatic N) is 1. The molecule has 0 aliphatic carbocycles. The van der Waals surface area contributed by atoms with Gasteiger partial charge in [-0.1, -0.05) is 41.4 Å². The molecule has 0 atom stereocenters. The topological polar surface area (TPSA) is 62.6 Å². The van der Waals surface area contributed by atoms with Crippen molar-refractivity contribution >= 4 is 64.1 Å². The van der Waals surface area contributed by atoms with Crippen LogP contribution >= 0.6 is 35.4 Å². The second kappa shape index (κ2) is 8.07. The highest BCUT2D eigenvalue weighted by Gasteiger charge is 2.35. The highest BCUT2D eigenvalue weighted by Crippen LogP contribution is 2.31. The minimum atomic E-state index is -0.581. The number of carbonyl (C=O) groups excluding carboxylic acids is 2. The van der Waals surface area contributed by atoms with E-state index in [1.165, 1.54) is 11.0 Å². The van der Waals surface area contributed by atoms with Crippen LogP contribution < -0.4 is 10.2 Å². The van der Waals surface area contributed by atoms with E-state index in [1.807, 2.05) is 19.1 Å². The van der Waals surface area contributed by atoms with E-state index in [2.05, 4.69) is 5.32 Å². The summed E-state index contributed by atoms with van der Waals surface area (Å²) in [4.78, 5) is 26.9. The molecule has 1 aliphatic heterocycles. The molecule has 30 heavy (non-hydrogen) atoms. The summed E-state index contributed by atoms with van der Waals surface area (Å²) in [6, 6.07) is 15.8. The largest absolute Gasteiger partial charge is 0.457 e. The van der Waals surface area contributed by atoms with E-state index in [0.717, 1.165) is 11.1 Å². The number of hydrogen-bond donors (Lipinski definition) is 1. The lowest BCUT2D eigenvalue weighted by Crippen LogP contribution is -2.54. The average molecular weight is 457 g/mol. The van der Waals surface area contributed by atoms with Gasteiger partial charge >= 0.3 is 0 Å². The molecule has 1 saturated heterocycles. The van der Waals surface area contributed by atoms with Crippen LogP contribution in [0.1, 0.15) is 11.3 Å². The van der Waals surface area contributed by atoms with Crippen LogP contribution in [0.25, 0.3) is 17.4 Å². The van der Waals surface area contributed by atoms with Crippen molar-refractivity contribution in [3.8, 4) is 11.3 Å². The number of nitrogens with one attached hydrogen (secondary N) is 1. The molecule has 1 fully saturated rings. The van der Waals surface area contributed by atoms with Gasteiger partial charge in [-0.2, -0.15) is 0 Å². The van der Waals surface area contributed by atoms with Crippen LogP contribution in [-0.4, -0.2) is 16.9 Å². The third kappa shape index (κ3) is 3.77. The van der Waals surface area contributed by atoms with Gasteiger partial charge in [0.05, 0.1) is 15.7 Å². The van der Waals surface area contributed by atoms with E-state index in [1.54, 1.807) is 42.5 Å². The second-order valence-electron chi connectivity index (χ2n) is 6.58. The van der Waals surface area contributed by atoms with Gasteiger partial charge in [0.1, 0.15) is 17.1 Å². The number of furan rings is 1. The lowest BCUT2D eigenvalue weighted by Gasteiger charge is -2.29. The van der Waals surface area contributed by atoms with Crippen LogP contribution in [0.15, 0.2) is 64.6 Å². The molecule has 1 aliphatic rings. The monoisotopic (exact) mass is 456 g/mol. The zero-order valence-corrected chi connectivity index (χ0v) is 17.9. The Morgan fingerprint density at radius 1 is 1.03 bits per heavy atom. The summed E-state index contributed by atoms with van der Waals surface area (Å²) in [6.07, 6.45) is 1.39. The molecule has 0 radical (unpaired) electrons. The molecule has 5 nitrogen and oxygen atoms in total. The number of para-hydroxylation sites is 1. The third-order valence-corrected chi connectivity index (χ3v) is 5.60. The van der Waals surface area contributed by atoms with Gasteiger partial charge in [-0.3, -0.25) is 19.8 Å². The fourth-order valence-corrected chi connectivity index (χ4v) is 3.64. The summed E-state index contributed by atoms with van der Waals surface area (Å²) in [5.41, 5.74) is 2.09. The van der Waals surface area contributed by atoms with Crippen molar-refractivity contribution in [2.24, 2.45) is 0 Å². The number of anilines is 1. The van der Waals surface area contributed by atoms with Crippen molar-refractivity contribution in [2.45, 2.75) is 6.92 Å². The van der Waals surface area contributed by atoms with Crippen molar-refractivity contribution in [1.82, 2.24) is 5.32 Å². The molecule has 1 aromatic heterocycles. The number of amides is 2. The Bertz CT molecular complexity index is 1230. The fraction of sp³-hybridized carbons (Fsp3) is 0.0455. The molecule has 0 spiro atoms. The number of carbonyl (C=O) groups is 2.